The molecule has 1 heterocycles. The van der Waals surface area contributed by atoms with Gasteiger partial charge in [-0.05, 0) is 56.4 Å². The van der Waals surface area contributed by atoms with Crippen LogP contribution in [0.1, 0.15) is 19.4 Å². The summed E-state index contributed by atoms with van der Waals surface area (Å²) in [5, 5.41) is 8.11. The van der Waals surface area contributed by atoms with E-state index < -0.39 is 0 Å². The first-order valence-electron chi connectivity index (χ1n) is 5.81. The van der Waals surface area contributed by atoms with Crippen LogP contribution < -0.4 is 10.6 Å². The molecule has 0 amide bonds. The fraction of sp³-hybridized carbons (Fsp3) is 0.214. The molecule has 0 unspecified atom stereocenters. The third-order valence-corrected chi connectivity index (χ3v) is 3.50. The van der Waals surface area contributed by atoms with Crippen LogP contribution in [0.5, 0.6) is 0 Å². The predicted molar refractivity (Wildman–Crippen MR) is 86.5 cm³/mol. The lowest BCUT2D eigenvalue weighted by Crippen LogP contribution is -2.51. The van der Waals surface area contributed by atoms with Crippen LogP contribution in [0.3, 0.4) is 0 Å². The molecule has 0 aliphatic carbocycles. The topological polar surface area (TPSA) is 24.1 Å². The highest BCUT2D eigenvalue weighted by Gasteiger charge is 2.21. The van der Waals surface area contributed by atoms with E-state index in [0.29, 0.717) is 15.2 Å². The maximum atomic E-state index is 6.12. The lowest BCUT2D eigenvalue weighted by molar-refractivity contribution is 0.555. The summed E-state index contributed by atoms with van der Waals surface area (Å²) in [6.07, 6.45) is 5.86. The quantitative estimate of drug-likeness (QED) is 0.802. The van der Waals surface area contributed by atoms with Gasteiger partial charge in [0.05, 0.1) is 5.54 Å². The Morgan fingerprint density at radius 1 is 1.16 bits per heavy atom. The van der Waals surface area contributed by atoms with E-state index in [1.807, 2.05) is 30.4 Å². The minimum Gasteiger partial charge on any atom is -0.354 e. The van der Waals surface area contributed by atoms with E-state index in [4.69, 9.17) is 35.4 Å². The summed E-state index contributed by atoms with van der Waals surface area (Å²) in [7, 11) is 0. The van der Waals surface area contributed by atoms with Gasteiger partial charge in [-0.2, -0.15) is 0 Å². The largest absolute Gasteiger partial charge is 0.354 e. The van der Waals surface area contributed by atoms with Crippen LogP contribution in [-0.4, -0.2) is 10.7 Å². The molecule has 0 saturated heterocycles. The van der Waals surface area contributed by atoms with Crippen molar-refractivity contribution in [2.24, 2.45) is 0 Å². The first-order chi connectivity index (χ1) is 8.87. The van der Waals surface area contributed by atoms with Gasteiger partial charge in [0.15, 0.2) is 5.11 Å². The van der Waals surface area contributed by atoms with Gasteiger partial charge in [0, 0.05) is 21.3 Å². The van der Waals surface area contributed by atoms with Crippen molar-refractivity contribution in [2.45, 2.75) is 19.4 Å². The molecule has 2 nitrogen and oxygen atoms in total. The van der Waals surface area contributed by atoms with Gasteiger partial charge in [0.25, 0.3) is 0 Å². The lowest BCUT2D eigenvalue weighted by Gasteiger charge is -2.30. The molecule has 5 heteroatoms. The molecule has 0 spiro atoms. The van der Waals surface area contributed by atoms with Gasteiger partial charge in [-0.15, -0.1) is 0 Å². The molecule has 2 N–H and O–H groups in total. The van der Waals surface area contributed by atoms with E-state index in [1.54, 1.807) is 0 Å². The van der Waals surface area contributed by atoms with Crippen LogP contribution in [0.25, 0.3) is 6.08 Å². The molecule has 1 aliphatic rings. The minimum absolute atomic E-state index is 0.174. The third-order valence-electron chi connectivity index (χ3n) is 2.64. The van der Waals surface area contributed by atoms with Crippen molar-refractivity contribution in [3.05, 3.63) is 51.7 Å². The van der Waals surface area contributed by atoms with Crippen LogP contribution in [-0.2, 0) is 0 Å². The Balaban J connectivity index is 2.28. The highest BCUT2D eigenvalue weighted by molar-refractivity contribution is 7.80. The maximum absolute atomic E-state index is 6.12. The molecular weight excluding hydrogens is 299 g/mol. The molecule has 0 saturated carbocycles. The number of benzene rings is 1. The molecule has 0 bridgehead atoms. The molecule has 0 aromatic heterocycles. The first-order valence-corrected chi connectivity index (χ1v) is 6.98. The average Bonchev–Trinajstić information content (AvgIpc) is 2.25. The van der Waals surface area contributed by atoms with E-state index in [2.05, 4.69) is 30.6 Å². The number of hydrogen-bond acceptors (Lipinski definition) is 1. The molecular formula is C14H14Cl2N2S. The lowest BCUT2D eigenvalue weighted by atomic mass is 10.0. The molecule has 1 aliphatic heterocycles. The zero-order valence-electron chi connectivity index (χ0n) is 10.6. The number of halogens is 2. The van der Waals surface area contributed by atoms with Gasteiger partial charge >= 0.3 is 0 Å². The van der Waals surface area contributed by atoms with Crippen molar-refractivity contribution >= 4 is 46.6 Å². The number of rotatable bonds is 2. The second-order valence-electron chi connectivity index (χ2n) is 4.87. The Morgan fingerprint density at radius 2 is 1.79 bits per heavy atom. The molecule has 0 fully saturated rings. The SMILES string of the molecule is CC1(C)C=C(C=Cc2c(Cl)cccc2Cl)NC(=S)N1. The number of nitrogens with one attached hydrogen (secondary N) is 2. The Hall–Kier alpha value is -1.03. The van der Waals surface area contributed by atoms with E-state index in [9.17, 15) is 0 Å². The van der Waals surface area contributed by atoms with Crippen LogP contribution in [0, 0.1) is 0 Å². The average molecular weight is 313 g/mol. The van der Waals surface area contributed by atoms with Crippen molar-refractivity contribution in [1.29, 1.82) is 0 Å². The fourth-order valence-corrected chi connectivity index (χ4v) is 2.75. The minimum atomic E-state index is -0.174. The van der Waals surface area contributed by atoms with Crippen molar-refractivity contribution < 1.29 is 0 Å². The molecule has 100 valence electrons. The summed E-state index contributed by atoms with van der Waals surface area (Å²) in [5.74, 6) is 0. The third kappa shape index (κ3) is 3.72. The standard InChI is InChI=1S/C14H14Cl2N2S/c1-14(2)8-9(17-13(19)18-14)6-7-10-11(15)4-3-5-12(10)16/h3-8H,1-2H3,(H2,17,18,19). The summed E-state index contributed by atoms with van der Waals surface area (Å²) in [4.78, 5) is 0. The smallest absolute Gasteiger partial charge is 0.171 e. The Bertz CT molecular complexity index is 557. The van der Waals surface area contributed by atoms with E-state index in [1.165, 1.54) is 0 Å². The van der Waals surface area contributed by atoms with Gasteiger partial charge in [-0.1, -0.05) is 29.3 Å². The maximum Gasteiger partial charge on any atom is 0.171 e. The van der Waals surface area contributed by atoms with Crippen molar-refractivity contribution in [2.75, 3.05) is 0 Å². The highest BCUT2D eigenvalue weighted by atomic mass is 35.5. The van der Waals surface area contributed by atoms with Crippen LogP contribution in [0.4, 0.5) is 0 Å². The summed E-state index contributed by atoms with van der Waals surface area (Å²) < 4.78 is 0. The summed E-state index contributed by atoms with van der Waals surface area (Å²) in [6, 6.07) is 5.44. The van der Waals surface area contributed by atoms with E-state index in [-0.39, 0.29) is 5.54 Å². The summed E-state index contributed by atoms with van der Waals surface area (Å²) in [6.45, 7) is 4.10. The van der Waals surface area contributed by atoms with Crippen molar-refractivity contribution in [3.63, 3.8) is 0 Å². The van der Waals surface area contributed by atoms with E-state index in [0.717, 1.165) is 11.3 Å². The summed E-state index contributed by atoms with van der Waals surface area (Å²) in [5.41, 5.74) is 1.55. The Kier molecular flexibility index (Phi) is 4.19. The van der Waals surface area contributed by atoms with Crippen molar-refractivity contribution in [3.8, 4) is 0 Å². The van der Waals surface area contributed by atoms with Crippen LogP contribution in [0.15, 0.2) is 36.0 Å². The zero-order valence-corrected chi connectivity index (χ0v) is 13.0. The van der Waals surface area contributed by atoms with Gasteiger partial charge in [0.2, 0.25) is 0 Å². The molecule has 0 atom stereocenters. The van der Waals surface area contributed by atoms with Gasteiger partial charge < -0.3 is 10.6 Å². The Morgan fingerprint density at radius 3 is 2.37 bits per heavy atom. The van der Waals surface area contributed by atoms with Crippen LogP contribution >= 0.6 is 35.4 Å². The number of hydrogen-bond donors (Lipinski definition) is 2. The van der Waals surface area contributed by atoms with E-state index >= 15 is 0 Å². The second-order valence-corrected chi connectivity index (χ2v) is 6.09. The van der Waals surface area contributed by atoms with Gasteiger partial charge in [-0.3, -0.25) is 0 Å². The van der Waals surface area contributed by atoms with Gasteiger partial charge in [0.1, 0.15) is 0 Å². The monoisotopic (exact) mass is 312 g/mol. The molecule has 0 radical (unpaired) electrons. The molecule has 1 aromatic rings. The number of allylic oxidation sites excluding steroid dienone is 1. The first kappa shape index (κ1) is 14.4. The van der Waals surface area contributed by atoms with Gasteiger partial charge in [-0.25, -0.2) is 0 Å². The second kappa shape index (κ2) is 5.53. The molecule has 1 aromatic carbocycles. The number of thiocarbonyl (C=S) groups is 1. The normalized spacial score (nSPS) is 17.9. The highest BCUT2D eigenvalue weighted by Crippen LogP contribution is 2.26. The van der Waals surface area contributed by atoms with Crippen LogP contribution in [0.2, 0.25) is 10.0 Å². The predicted octanol–water partition coefficient (Wildman–Crippen LogP) is 4.15. The molecule has 19 heavy (non-hydrogen) atoms. The summed E-state index contributed by atoms with van der Waals surface area (Å²) >= 11 is 17.4. The molecule has 2 rings (SSSR count). The van der Waals surface area contributed by atoms with Crippen molar-refractivity contribution in [1.82, 2.24) is 10.6 Å². The Labute approximate surface area is 128 Å². The fourth-order valence-electron chi connectivity index (χ4n) is 1.85. The zero-order chi connectivity index (χ0) is 14.0.